The highest BCUT2D eigenvalue weighted by atomic mass is 19.1. The van der Waals surface area contributed by atoms with Crippen LogP contribution in [0.15, 0.2) is 42.7 Å². The number of rotatable bonds is 4. The molecule has 0 radical (unpaired) electrons. The summed E-state index contributed by atoms with van der Waals surface area (Å²) in [6, 6.07) is 8.12. The first-order valence-electron chi connectivity index (χ1n) is 13.9. The van der Waals surface area contributed by atoms with Gasteiger partial charge in [0.1, 0.15) is 5.82 Å². The van der Waals surface area contributed by atoms with E-state index in [0.29, 0.717) is 42.4 Å². The van der Waals surface area contributed by atoms with Gasteiger partial charge < -0.3 is 14.7 Å². The smallest absolute Gasteiger partial charge is 0.259 e. The summed E-state index contributed by atoms with van der Waals surface area (Å²) in [6.45, 7) is 8.64. The summed E-state index contributed by atoms with van der Waals surface area (Å²) in [5, 5.41) is 0. The minimum Gasteiger partial charge on any atom is -0.338 e. The summed E-state index contributed by atoms with van der Waals surface area (Å²) in [5.74, 6) is 0.238. The Morgan fingerprint density at radius 3 is 2.46 bits per heavy atom. The Morgan fingerprint density at radius 2 is 1.76 bits per heavy atom. The summed E-state index contributed by atoms with van der Waals surface area (Å²) in [6.07, 6.45) is 10.1. The van der Waals surface area contributed by atoms with Gasteiger partial charge >= 0.3 is 0 Å². The highest BCUT2D eigenvalue weighted by Crippen LogP contribution is 2.29. The zero-order valence-electron chi connectivity index (χ0n) is 22.4. The van der Waals surface area contributed by atoms with Crippen LogP contribution in [0.1, 0.15) is 74.7 Å². The van der Waals surface area contributed by atoms with Gasteiger partial charge in [-0.1, -0.05) is 33.1 Å². The third-order valence-electron chi connectivity index (χ3n) is 7.50. The number of halogens is 1. The number of fused-ring (bicyclic) bond motifs is 1. The molecule has 6 nitrogen and oxygen atoms in total. The Balaban J connectivity index is 1.69. The maximum Gasteiger partial charge on any atom is 0.259 e. The highest BCUT2D eigenvalue weighted by molar-refractivity contribution is 6.06. The number of carbonyl (C=O) groups is 2. The van der Waals surface area contributed by atoms with Gasteiger partial charge in [-0.15, -0.1) is 0 Å². The van der Waals surface area contributed by atoms with Gasteiger partial charge in [-0.25, -0.2) is 4.39 Å². The molecule has 0 saturated heterocycles. The van der Waals surface area contributed by atoms with E-state index < -0.39 is 0 Å². The van der Waals surface area contributed by atoms with Crippen LogP contribution in [0.25, 0.3) is 0 Å². The van der Waals surface area contributed by atoms with Crippen LogP contribution >= 0.6 is 0 Å². The predicted octanol–water partition coefficient (Wildman–Crippen LogP) is 5.53. The molecule has 1 aliphatic carbocycles. The third-order valence-corrected chi connectivity index (χ3v) is 7.50. The Hall–Kier alpha value is -2.80. The molecule has 1 aromatic carbocycles. The molecular formula is C30H41FN4O2. The lowest BCUT2D eigenvalue weighted by Gasteiger charge is -2.34. The first kappa shape index (κ1) is 27.2. The Morgan fingerprint density at radius 1 is 1.00 bits per heavy atom. The van der Waals surface area contributed by atoms with E-state index in [1.165, 1.54) is 18.6 Å². The van der Waals surface area contributed by atoms with Crippen LogP contribution in [0.4, 0.5) is 10.1 Å². The van der Waals surface area contributed by atoms with E-state index in [4.69, 9.17) is 0 Å². The first-order chi connectivity index (χ1) is 17.9. The summed E-state index contributed by atoms with van der Waals surface area (Å²) in [4.78, 5) is 37.6. The summed E-state index contributed by atoms with van der Waals surface area (Å²) < 4.78 is 14.5. The molecule has 0 unspecified atom stereocenters. The second-order valence-corrected chi connectivity index (χ2v) is 11.0. The lowest BCUT2D eigenvalue weighted by molar-refractivity contribution is -0.137. The van der Waals surface area contributed by atoms with E-state index in [9.17, 15) is 14.0 Å². The molecule has 1 aromatic heterocycles. The predicted molar refractivity (Wildman–Crippen MR) is 145 cm³/mol. The Bertz CT molecular complexity index is 1040. The molecule has 200 valence electrons. The van der Waals surface area contributed by atoms with Crippen LogP contribution in [0, 0.1) is 17.7 Å². The topological polar surface area (TPSA) is 56.8 Å². The second kappa shape index (κ2) is 13.1. The number of pyridine rings is 1. The molecule has 2 aromatic rings. The number of hydrogen-bond acceptors (Lipinski definition) is 4. The van der Waals surface area contributed by atoms with Gasteiger partial charge in [0.2, 0.25) is 5.91 Å². The quantitative estimate of drug-likeness (QED) is 0.545. The van der Waals surface area contributed by atoms with Crippen molar-refractivity contribution < 1.29 is 14.0 Å². The number of nitrogens with zero attached hydrogens (tertiary/aromatic N) is 4. The first-order valence-corrected chi connectivity index (χ1v) is 13.9. The van der Waals surface area contributed by atoms with E-state index in [1.807, 2.05) is 4.90 Å². The maximum absolute atomic E-state index is 14.5. The van der Waals surface area contributed by atoms with Crippen LogP contribution in [-0.4, -0.2) is 59.3 Å². The highest BCUT2D eigenvalue weighted by Gasteiger charge is 2.29. The van der Waals surface area contributed by atoms with Gasteiger partial charge in [-0.05, 0) is 80.6 Å². The average Bonchev–Trinajstić information content (AvgIpc) is 2.90. The molecule has 1 aliphatic heterocycles. The normalized spacial score (nSPS) is 18.7. The van der Waals surface area contributed by atoms with Gasteiger partial charge in [0.25, 0.3) is 5.91 Å². The molecule has 2 heterocycles. The lowest BCUT2D eigenvalue weighted by Crippen LogP contribution is -2.41. The molecule has 37 heavy (non-hydrogen) atoms. The van der Waals surface area contributed by atoms with Crippen molar-refractivity contribution in [3.05, 3.63) is 59.7 Å². The van der Waals surface area contributed by atoms with Gasteiger partial charge in [0, 0.05) is 50.2 Å². The molecule has 0 N–H and O–H groups in total. The number of aromatic nitrogens is 1. The fraction of sp³-hybridized carbons (Fsp3) is 0.567. The number of benzene rings is 1. The number of anilines is 1. The third kappa shape index (κ3) is 7.37. The van der Waals surface area contributed by atoms with Crippen molar-refractivity contribution in [2.75, 3.05) is 37.6 Å². The Labute approximate surface area is 220 Å². The largest absolute Gasteiger partial charge is 0.338 e. The molecule has 7 heteroatoms. The van der Waals surface area contributed by atoms with Crippen LogP contribution in [0.5, 0.6) is 0 Å². The van der Waals surface area contributed by atoms with Crippen LogP contribution in [0.3, 0.4) is 0 Å². The van der Waals surface area contributed by atoms with E-state index in [2.05, 4.69) is 23.7 Å². The van der Waals surface area contributed by atoms with Crippen LogP contribution in [0.2, 0.25) is 0 Å². The zero-order valence-corrected chi connectivity index (χ0v) is 22.4. The molecule has 2 aliphatic rings. The maximum atomic E-state index is 14.5. The van der Waals surface area contributed by atoms with Crippen molar-refractivity contribution in [1.82, 2.24) is 14.8 Å². The summed E-state index contributed by atoms with van der Waals surface area (Å²) in [7, 11) is 0. The van der Waals surface area contributed by atoms with Gasteiger partial charge in [0.15, 0.2) is 0 Å². The number of amides is 2. The van der Waals surface area contributed by atoms with E-state index >= 15 is 0 Å². The lowest BCUT2D eigenvalue weighted by atomic mass is 9.88. The van der Waals surface area contributed by atoms with Gasteiger partial charge in [-0.3, -0.25) is 14.6 Å². The average molecular weight is 509 g/mol. The Kier molecular flexibility index (Phi) is 9.67. The zero-order chi connectivity index (χ0) is 26.2. The summed E-state index contributed by atoms with van der Waals surface area (Å²) >= 11 is 0. The van der Waals surface area contributed by atoms with E-state index in [0.717, 1.165) is 58.2 Å². The SMILES string of the molecule is CC(C)CN1CCCN(C(=O)C2CCCCC2)Cc2cc(F)ccc2N(C(=O)c2cccnc2)CCC1. The number of carbonyl (C=O) groups excluding carboxylic acids is 2. The molecule has 0 atom stereocenters. The standard InChI is InChI=1S/C30H41FN4O2/c1-23(2)21-33-15-7-17-34(29(36)24-9-4-3-5-10-24)22-26-19-27(31)12-13-28(26)35(18-8-16-33)30(37)25-11-6-14-32-20-25/h6,11-14,19-20,23-24H,3-5,7-10,15-18,21-22H2,1-2H3. The van der Waals surface area contributed by atoms with Crippen molar-refractivity contribution in [1.29, 1.82) is 0 Å². The van der Waals surface area contributed by atoms with Crippen molar-refractivity contribution in [2.24, 2.45) is 11.8 Å². The molecule has 0 spiro atoms. The molecular weight excluding hydrogens is 467 g/mol. The van der Waals surface area contributed by atoms with Crippen molar-refractivity contribution in [2.45, 2.75) is 65.3 Å². The molecule has 0 bridgehead atoms. The van der Waals surface area contributed by atoms with Gasteiger partial charge in [-0.2, -0.15) is 0 Å². The van der Waals surface area contributed by atoms with Crippen molar-refractivity contribution >= 4 is 17.5 Å². The minimum absolute atomic E-state index is 0.0403. The van der Waals surface area contributed by atoms with Gasteiger partial charge in [0.05, 0.1) is 5.56 Å². The molecule has 2 amide bonds. The van der Waals surface area contributed by atoms with Crippen molar-refractivity contribution in [3.8, 4) is 0 Å². The van der Waals surface area contributed by atoms with Crippen LogP contribution < -0.4 is 4.90 Å². The van der Waals surface area contributed by atoms with E-state index in [-0.39, 0.29) is 23.5 Å². The minimum atomic E-state index is -0.354. The molecule has 1 saturated carbocycles. The fourth-order valence-electron chi connectivity index (χ4n) is 5.75. The summed E-state index contributed by atoms with van der Waals surface area (Å²) in [5.41, 5.74) is 1.85. The second-order valence-electron chi connectivity index (χ2n) is 11.0. The fourth-order valence-corrected chi connectivity index (χ4v) is 5.75. The van der Waals surface area contributed by atoms with E-state index in [1.54, 1.807) is 35.5 Å². The molecule has 4 rings (SSSR count). The number of hydrogen-bond donors (Lipinski definition) is 0. The monoisotopic (exact) mass is 508 g/mol. The molecule has 1 fully saturated rings. The van der Waals surface area contributed by atoms with Crippen LogP contribution in [-0.2, 0) is 11.3 Å². The van der Waals surface area contributed by atoms with Crippen molar-refractivity contribution in [3.63, 3.8) is 0 Å².